The molecule has 0 atom stereocenters. The summed E-state index contributed by atoms with van der Waals surface area (Å²) in [6, 6.07) is 18.4. The zero-order valence-corrected chi connectivity index (χ0v) is 29.2. The molecule has 0 bridgehead atoms. The summed E-state index contributed by atoms with van der Waals surface area (Å²) in [7, 11) is 4.98. The molecule has 2 aromatic rings. The molecule has 0 spiro atoms. The van der Waals surface area contributed by atoms with Crippen LogP contribution in [0, 0.1) is 0 Å². The van der Waals surface area contributed by atoms with E-state index in [4.69, 9.17) is 14.6 Å². The number of carbonyl (C=O) groups excluding carboxylic acids is 7. The zero-order chi connectivity index (χ0) is 38.4. The first kappa shape index (κ1) is 45.2. The molecule has 51 heavy (non-hydrogen) atoms. The lowest BCUT2D eigenvalue weighted by Gasteiger charge is -2.19. The number of carbonyl (C=O) groups is 8. The molecule has 2 aromatic carbocycles. The van der Waals surface area contributed by atoms with E-state index < -0.39 is 48.8 Å². The minimum Gasteiger partial charge on any atom is -0.481 e. The van der Waals surface area contributed by atoms with Crippen LogP contribution < -0.4 is 0 Å². The van der Waals surface area contributed by atoms with Gasteiger partial charge < -0.3 is 38.4 Å². The van der Waals surface area contributed by atoms with Gasteiger partial charge in [0.05, 0.1) is 47.7 Å². The van der Waals surface area contributed by atoms with E-state index in [9.17, 15) is 38.4 Å². The molecule has 280 valence electrons. The summed E-state index contributed by atoms with van der Waals surface area (Å²) in [6.45, 7) is -0.492. The summed E-state index contributed by atoms with van der Waals surface area (Å²) in [5.74, 6) is -4.52. The molecule has 0 aliphatic heterocycles. The molecule has 0 aromatic heterocycles. The van der Waals surface area contributed by atoms with Crippen LogP contribution in [0.1, 0.15) is 56.1 Å². The second-order valence-electron chi connectivity index (χ2n) is 10.1. The highest BCUT2D eigenvalue weighted by molar-refractivity contribution is 5.87. The van der Waals surface area contributed by atoms with E-state index in [1.54, 1.807) is 0 Å². The van der Waals surface area contributed by atoms with Crippen LogP contribution in [0.4, 0.5) is 0 Å². The van der Waals surface area contributed by atoms with Gasteiger partial charge >= 0.3 is 41.8 Å². The van der Waals surface area contributed by atoms with Gasteiger partial charge in [0.2, 0.25) is 5.91 Å². The van der Waals surface area contributed by atoms with E-state index in [1.165, 1.54) is 28.4 Å². The molecular weight excluding hydrogens is 674 g/mol. The third kappa shape index (κ3) is 24.9. The number of esters is 6. The third-order valence-electron chi connectivity index (χ3n) is 6.24. The van der Waals surface area contributed by atoms with Crippen molar-refractivity contribution < 1.29 is 71.9 Å². The number of benzene rings is 2. The lowest BCUT2D eigenvalue weighted by molar-refractivity contribution is -0.153. The van der Waals surface area contributed by atoms with E-state index in [1.807, 2.05) is 60.7 Å². The summed E-state index contributed by atoms with van der Waals surface area (Å²) >= 11 is 0. The van der Waals surface area contributed by atoms with Crippen molar-refractivity contribution in [1.29, 1.82) is 0 Å². The molecule has 2 rings (SSSR count). The second-order valence-corrected chi connectivity index (χ2v) is 10.1. The van der Waals surface area contributed by atoms with Crippen molar-refractivity contribution in [3.05, 3.63) is 71.8 Å². The van der Waals surface area contributed by atoms with Crippen LogP contribution >= 0.6 is 0 Å². The van der Waals surface area contributed by atoms with Crippen LogP contribution in [0.5, 0.6) is 0 Å². The van der Waals surface area contributed by atoms with E-state index in [0.29, 0.717) is 6.42 Å². The number of methoxy groups -OCH3 is 4. The van der Waals surface area contributed by atoms with E-state index in [-0.39, 0.29) is 63.7 Å². The van der Waals surface area contributed by atoms with Crippen molar-refractivity contribution in [1.82, 2.24) is 4.90 Å². The fourth-order valence-corrected chi connectivity index (χ4v) is 3.45. The fourth-order valence-electron chi connectivity index (χ4n) is 3.45. The first-order valence-electron chi connectivity index (χ1n) is 15.5. The minimum absolute atomic E-state index is 0.0812. The van der Waals surface area contributed by atoms with Gasteiger partial charge in [0, 0.05) is 19.3 Å². The van der Waals surface area contributed by atoms with Gasteiger partial charge in [-0.05, 0) is 17.5 Å². The number of carboxylic acid groups (broad SMARTS) is 1. The second kappa shape index (κ2) is 28.1. The Kier molecular flexibility index (Phi) is 24.9. The quantitative estimate of drug-likeness (QED) is 0.173. The van der Waals surface area contributed by atoms with Gasteiger partial charge in [-0.3, -0.25) is 38.4 Å². The van der Waals surface area contributed by atoms with Gasteiger partial charge in [-0.25, -0.2) is 0 Å². The molecule has 1 amide bonds. The lowest BCUT2D eigenvalue weighted by atomic mass is 10.2. The van der Waals surface area contributed by atoms with Crippen LogP contribution in [-0.4, -0.2) is 99.2 Å². The highest BCUT2D eigenvalue weighted by Gasteiger charge is 2.22. The molecule has 0 aliphatic rings. The summed E-state index contributed by atoms with van der Waals surface area (Å²) in [6.07, 6.45) is 0.401. The normalized spacial score (nSPS) is 9.57. The van der Waals surface area contributed by atoms with Gasteiger partial charge in [0.25, 0.3) is 0 Å². The SMILES string of the molecule is COC(=O)CCCC(=O)OC.COC(=O)CN(CC(=O)OC)C(=O)CCC(=O)OCc1ccccc1.O=C(O)CCC(=O)OCc1ccccc1. The Morgan fingerprint density at radius 2 is 0.863 bits per heavy atom. The molecule has 0 aliphatic carbocycles. The Labute approximate surface area is 295 Å². The molecule has 0 saturated carbocycles. The van der Waals surface area contributed by atoms with Crippen LogP contribution in [0.2, 0.25) is 0 Å². The number of rotatable bonds is 18. The molecule has 1 N–H and O–H groups in total. The van der Waals surface area contributed by atoms with Crippen molar-refractivity contribution in [3.8, 4) is 0 Å². The molecule has 16 heteroatoms. The van der Waals surface area contributed by atoms with Crippen LogP contribution in [0.15, 0.2) is 60.7 Å². The summed E-state index contributed by atoms with van der Waals surface area (Å²) < 4.78 is 27.7. The molecule has 16 nitrogen and oxygen atoms in total. The number of hydrogen-bond donors (Lipinski definition) is 1. The maximum atomic E-state index is 12.1. The zero-order valence-electron chi connectivity index (χ0n) is 29.2. The van der Waals surface area contributed by atoms with Gasteiger partial charge in [-0.1, -0.05) is 60.7 Å². The first-order valence-corrected chi connectivity index (χ1v) is 15.5. The van der Waals surface area contributed by atoms with Crippen molar-refractivity contribution in [3.63, 3.8) is 0 Å². The van der Waals surface area contributed by atoms with Gasteiger partial charge in [-0.2, -0.15) is 0 Å². The molecule has 0 radical (unpaired) electrons. The van der Waals surface area contributed by atoms with Gasteiger partial charge in [0.15, 0.2) is 0 Å². The van der Waals surface area contributed by atoms with Crippen molar-refractivity contribution >= 4 is 47.7 Å². The summed E-state index contributed by atoms with van der Waals surface area (Å²) in [5.41, 5.74) is 1.72. The molecule has 0 fully saturated rings. The number of ether oxygens (including phenoxy) is 6. The highest BCUT2D eigenvalue weighted by Crippen LogP contribution is 2.06. The monoisotopic (exact) mass is 719 g/mol. The molecular formula is C35H45NO15. The topological polar surface area (TPSA) is 215 Å². The van der Waals surface area contributed by atoms with E-state index >= 15 is 0 Å². The lowest BCUT2D eigenvalue weighted by Crippen LogP contribution is -2.40. The predicted molar refractivity (Wildman–Crippen MR) is 177 cm³/mol. The summed E-state index contributed by atoms with van der Waals surface area (Å²) in [4.78, 5) is 89.7. The third-order valence-corrected chi connectivity index (χ3v) is 6.24. The number of nitrogens with zero attached hydrogens (tertiary/aromatic N) is 1. The van der Waals surface area contributed by atoms with Crippen molar-refractivity contribution in [2.45, 2.75) is 58.2 Å². The van der Waals surface area contributed by atoms with E-state index in [2.05, 4.69) is 18.9 Å². The Hall–Kier alpha value is -5.80. The molecule has 0 saturated heterocycles. The van der Waals surface area contributed by atoms with Crippen molar-refractivity contribution in [2.24, 2.45) is 0 Å². The van der Waals surface area contributed by atoms with Gasteiger partial charge in [0.1, 0.15) is 26.3 Å². The Morgan fingerprint density at radius 1 is 0.490 bits per heavy atom. The Bertz CT molecular complexity index is 1350. The Morgan fingerprint density at radius 3 is 1.22 bits per heavy atom. The van der Waals surface area contributed by atoms with Crippen LogP contribution in [0.3, 0.4) is 0 Å². The predicted octanol–water partition coefficient (Wildman–Crippen LogP) is 2.78. The van der Waals surface area contributed by atoms with E-state index in [0.717, 1.165) is 16.0 Å². The summed E-state index contributed by atoms with van der Waals surface area (Å²) in [5, 5.41) is 8.34. The fraction of sp³-hybridized carbons (Fsp3) is 0.429. The average Bonchev–Trinajstić information content (AvgIpc) is 3.15. The molecule has 0 unspecified atom stereocenters. The number of carboxylic acids is 1. The largest absolute Gasteiger partial charge is 0.481 e. The number of aliphatic carboxylic acids is 1. The highest BCUT2D eigenvalue weighted by atomic mass is 16.5. The smallest absolute Gasteiger partial charge is 0.325 e. The maximum absolute atomic E-state index is 12.1. The maximum Gasteiger partial charge on any atom is 0.325 e. The average molecular weight is 720 g/mol. The van der Waals surface area contributed by atoms with Crippen molar-refractivity contribution in [2.75, 3.05) is 41.5 Å². The first-order chi connectivity index (χ1) is 24.3. The van der Waals surface area contributed by atoms with Gasteiger partial charge in [-0.15, -0.1) is 0 Å². The number of hydrogen-bond acceptors (Lipinski definition) is 14. The van der Waals surface area contributed by atoms with Crippen LogP contribution in [0.25, 0.3) is 0 Å². The van der Waals surface area contributed by atoms with Crippen LogP contribution in [-0.2, 0) is 80.0 Å². The standard InChI is InChI=1S/C17H21NO7.C11H12O4.C7H12O4/c1-23-16(21)10-18(11-17(22)24-2)14(19)8-9-15(20)25-12-13-6-4-3-5-7-13;12-10(13)6-7-11(14)15-8-9-4-2-1-3-5-9;1-10-6(8)4-3-5-7(9)11-2/h3-7H,8-12H2,1-2H3;1-5H,6-8H2,(H,12,13);3-5H2,1-2H3. The number of amides is 1. The minimum atomic E-state index is -0.994. The molecule has 0 heterocycles. The Balaban J connectivity index is 0.000000814.